The predicted octanol–water partition coefficient (Wildman–Crippen LogP) is 3.76. The Balaban J connectivity index is 2.46. The molecule has 1 heterocycles. The molecule has 124 valence electrons. The summed E-state index contributed by atoms with van der Waals surface area (Å²) in [5.74, 6) is 0. The third kappa shape index (κ3) is 4.32. The van der Waals surface area contributed by atoms with E-state index in [2.05, 4.69) is 10.1 Å². The highest BCUT2D eigenvalue weighted by Gasteiger charge is 2.32. The SMILES string of the molecule is CCOC(C)(C)C(O)/C(=C/c1ccc(Cl)c(Cl)c1)n1cncn1. The lowest BCUT2D eigenvalue weighted by Gasteiger charge is -2.31. The summed E-state index contributed by atoms with van der Waals surface area (Å²) in [5, 5.41) is 15.8. The van der Waals surface area contributed by atoms with Gasteiger partial charge in [0.05, 0.1) is 21.3 Å². The van der Waals surface area contributed by atoms with Crippen molar-refractivity contribution < 1.29 is 9.84 Å². The van der Waals surface area contributed by atoms with Crippen molar-refractivity contribution in [3.05, 3.63) is 46.5 Å². The number of nitrogens with zero attached hydrogens (tertiary/aromatic N) is 3. The number of aliphatic hydroxyl groups excluding tert-OH is 1. The maximum atomic E-state index is 10.8. The van der Waals surface area contributed by atoms with E-state index in [1.807, 2.05) is 26.8 Å². The Morgan fingerprint density at radius 3 is 2.70 bits per heavy atom. The van der Waals surface area contributed by atoms with Crippen LogP contribution in [0.3, 0.4) is 0 Å². The van der Waals surface area contributed by atoms with Gasteiger partial charge in [-0.2, -0.15) is 5.10 Å². The van der Waals surface area contributed by atoms with Crippen LogP contribution in [0, 0.1) is 0 Å². The van der Waals surface area contributed by atoms with E-state index in [1.54, 1.807) is 18.2 Å². The number of hydrogen-bond donors (Lipinski definition) is 1. The first-order chi connectivity index (χ1) is 10.8. The molecular weight excluding hydrogens is 337 g/mol. The second kappa shape index (κ2) is 7.45. The van der Waals surface area contributed by atoms with Crippen molar-refractivity contribution in [3.63, 3.8) is 0 Å². The van der Waals surface area contributed by atoms with Crippen LogP contribution in [-0.4, -0.2) is 38.2 Å². The second-order valence-electron chi connectivity index (χ2n) is 5.52. The van der Waals surface area contributed by atoms with Gasteiger partial charge in [0.25, 0.3) is 0 Å². The van der Waals surface area contributed by atoms with Gasteiger partial charge < -0.3 is 9.84 Å². The van der Waals surface area contributed by atoms with Crippen molar-refractivity contribution in [2.24, 2.45) is 0 Å². The van der Waals surface area contributed by atoms with Gasteiger partial charge in [0.15, 0.2) is 0 Å². The van der Waals surface area contributed by atoms with E-state index < -0.39 is 11.7 Å². The molecule has 0 amide bonds. The van der Waals surface area contributed by atoms with Crippen molar-refractivity contribution in [1.29, 1.82) is 0 Å². The molecule has 2 rings (SSSR count). The largest absolute Gasteiger partial charge is 0.384 e. The van der Waals surface area contributed by atoms with Crippen LogP contribution in [0.5, 0.6) is 0 Å². The Hall–Kier alpha value is -1.40. The van der Waals surface area contributed by atoms with Crippen molar-refractivity contribution in [1.82, 2.24) is 14.8 Å². The number of ether oxygens (including phenoxy) is 1. The quantitative estimate of drug-likeness (QED) is 0.856. The lowest BCUT2D eigenvalue weighted by atomic mass is 9.97. The third-order valence-electron chi connectivity index (χ3n) is 3.40. The smallest absolute Gasteiger partial charge is 0.138 e. The first-order valence-corrected chi connectivity index (χ1v) is 7.94. The fourth-order valence-corrected chi connectivity index (χ4v) is 2.50. The first kappa shape index (κ1) is 17.9. The van der Waals surface area contributed by atoms with Crippen LogP contribution in [0.4, 0.5) is 0 Å². The zero-order chi connectivity index (χ0) is 17.0. The summed E-state index contributed by atoms with van der Waals surface area (Å²) in [5.41, 5.74) is 0.526. The Bertz CT molecular complexity index is 685. The Kier molecular flexibility index (Phi) is 5.81. The molecule has 1 atom stereocenters. The standard InChI is InChI=1S/C16H19Cl2N3O2/c1-4-23-16(2,3)15(22)14(21-10-19-9-20-21)8-11-5-6-12(17)13(18)7-11/h5-10,15,22H,4H2,1-3H3/b14-8-. The number of aromatic nitrogens is 3. The second-order valence-corrected chi connectivity index (χ2v) is 6.34. The molecule has 0 aliphatic rings. The number of aliphatic hydroxyl groups is 1. The summed E-state index contributed by atoms with van der Waals surface area (Å²) in [6.45, 7) is 6.01. The molecule has 1 unspecified atom stereocenters. The van der Waals surface area contributed by atoms with Crippen LogP contribution in [0.2, 0.25) is 10.0 Å². The number of hydrogen-bond acceptors (Lipinski definition) is 4. The van der Waals surface area contributed by atoms with Gasteiger partial charge in [0.2, 0.25) is 0 Å². The molecule has 5 nitrogen and oxygen atoms in total. The van der Waals surface area contributed by atoms with Crippen molar-refractivity contribution in [3.8, 4) is 0 Å². The molecule has 0 radical (unpaired) electrons. The summed E-state index contributed by atoms with van der Waals surface area (Å²) in [4.78, 5) is 3.94. The van der Waals surface area contributed by atoms with Gasteiger partial charge in [-0.05, 0) is 44.5 Å². The van der Waals surface area contributed by atoms with E-state index in [0.717, 1.165) is 5.56 Å². The molecule has 0 saturated carbocycles. The molecule has 1 N–H and O–H groups in total. The Labute approximate surface area is 145 Å². The molecule has 1 aromatic carbocycles. The van der Waals surface area contributed by atoms with Gasteiger partial charge in [-0.15, -0.1) is 0 Å². The van der Waals surface area contributed by atoms with Gasteiger partial charge in [0, 0.05) is 6.61 Å². The van der Waals surface area contributed by atoms with Gasteiger partial charge in [-0.1, -0.05) is 29.3 Å². The lowest BCUT2D eigenvalue weighted by molar-refractivity contribution is -0.0753. The lowest BCUT2D eigenvalue weighted by Crippen LogP contribution is -2.41. The highest BCUT2D eigenvalue weighted by atomic mass is 35.5. The number of rotatable bonds is 6. The summed E-state index contributed by atoms with van der Waals surface area (Å²) in [7, 11) is 0. The molecule has 23 heavy (non-hydrogen) atoms. The van der Waals surface area contributed by atoms with Crippen LogP contribution in [0.25, 0.3) is 11.8 Å². The van der Waals surface area contributed by atoms with Gasteiger partial charge >= 0.3 is 0 Å². The maximum absolute atomic E-state index is 10.8. The zero-order valence-electron chi connectivity index (χ0n) is 13.2. The van der Waals surface area contributed by atoms with Crippen molar-refractivity contribution >= 4 is 35.0 Å². The van der Waals surface area contributed by atoms with Gasteiger partial charge in [0.1, 0.15) is 18.8 Å². The first-order valence-electron chi connectivity index (χ1n) is 7.19. The molecule has 0 aliphatic carbocycles. The topological polar surface area (TPSA) is 60.2 Å². The molecule has 0 fully saturated rings. The fraction of sp³-hybridized carbons (Fsp3) is 0.375. The number of benzene rings is 1. The highest BCUT2D eigenvalue weighted by Crippen LogP contribution is 2.28. The normalized spacial score (nSPS) is 14.1. The maximum Gasteiger partial charge on any atom is 0.138 e. The minimum atomic E-state index is -0.918. The third-order valence-corrected chi connectivity index (χ3v) is 4.14. The Morgan fingerprint density at radius 1 is 1.39 bits per heavy atom. The van der Waals surface area contributed by atoms with E-state index in [1.165, 1.54) is 17.3 Å². The number of halogens is 2. The van der Waals surface area contributed by atoms with Crippen LogP contribution >= 0.6 is 23.2 Å². The van der Waals surface area contributed by atoms with E-state index in [-0.39, 0.29) is 0 Å². The average molecular weight is 356 g/mol. The Morgan fingerprint density at radius 2 is 2.13 bits per heavy atom. The summed E-state index contributed by atoms with van der Waals surface area (Å²) in [6, 6.07) is 5.24. The van der Waals surface area contributed by atoms with E-state index in [9.17, 15) is 5.11 Å². The molecule has 1 aromatic heterocycles. The molecular formula is C16H19Cl2N3O2. The van der Waals surface area contributed by atoms with E-state index >= 15 is 0 Å². The molecule has 0 spiro atoms. The molecule has 2 aromatic rings. The van der Waals surface area contributed by atoms with Crippen LogP contribution in [0.15, 0.2) is 30.9 Å². The monoisotopic (exact) mass is 355 g/mol. The van der Waals surface area contributed by atoms with E-state index in [4.69, 9.17) is 27.9 Å². The highest BCUT2D eigenvalue weighted by molar-refractivity contribution is 6.42. The summed E-state index contributed by atoms with van der Waals surface area (Å²) in [6.07, 6.45) is 3.79. The summed E-state index contributed by atoms with van der Waals surface area (Å²) >= 11 is 12.0. The summed E-state index contributed by atoms with van der Waals surface area (Å²) < 4.78 is 7.16. The molecule has 0 saturated heterocycles. The van der Waals surface area contributed by atoms with Gasteiger partial charge in [-0.3, -0.25) is 0 Å². The minimum Gasteiger partial charge on any atom is -0.384 e. The van der Waals surface area contributed by atoms with Gasteiger partial charge in [-0.25, -0.2) is 9.67 Å². The molecule has 0 aliphatic heterocycles. The van der Waals surface area contributed by atoms with Crippen molar-refractivity contribution in [2.45, 2.75) is 32.5 Å². The zero-order valence-corrected chi connectivity index (χ0v) is 14.7. The van der Waals surface area contributed by atoms with Crippen LogP contribution in [0.1, 0.15) is 26.3 Å². The molecule has 7 heteroatoms. The average Bonchev–Trinajstić information content (AvgIpc) is 3.01. The van der Waals surface area contributed by atoms with Crippen LogP contribution in [-0.2, 0) is 4.74 Å². The van der Waals surface area contributed by atoms with E-state index in [0.29, 0.717) is 22.3 Å². The predicted molar refractivity (Wildman–Crippen MR) is 92.4 cm³/mol. The fourth-order valence-electron chi connectivity index (χ4n) is 2.19. The minimum absolute atomic E-state index is 0.442. The van der Waals surface area contributed by atoms with Crippen LogP contribution < -0.4 is 0 Å². The molecule has 0 bridgehead atoms. The van der Waals surface area contributed by atoms with Crippen molar-refractivity contribution in [2.75, 3.05) is 6.61 Å².